The van der Waals surface area contributed by atoms with Gasteiger partial charge in [0.05, 0.1) is 25.4 Å². The summed E-state index contributed by atoms with van der Waals surface area (Å²) in [5.41, 5.74) is 0. The second-order valence-electron chi connectivity index (χ2n) is 17.8. The Morgan fingerprint density at radius 1 is 0.458 bits per heavy atom. The van der Waals surface area contributed by atoms with Crippen molar-refractivity contribution in [3.05, 3.63) is 24.3 Å². The number of carbonyl (C=O) groups excluding carboxylic acids is 2. The van der Waals surface area contributed by atoms with Gasteiger partial charge in [0.1, 0.15) is 0 Å². The minimum Gasteiger partial charge on any atom is -0.466 e. The third-order valence-corrected chi connectivity index (χ3v) is 12.0. The zero-order valence-corrected chi connectivity index (χ0v) is 39.5. The van der Waals surface area contributed by atoms with Gasteiger partial charge >= 0.3 is 5.97 Å². The molecule has 0 aromatic heterocycles. The molecule has 0 aromatic rings. The average Bonchev–Trinajstić information content (AvgIpc) is 3.24. The van der Waals surface area contributed by atoms with E-state index in [1.54, 1.807) is 0 Å². The number of ether oxygens (including phenoxy) is 1. The molecule has 0 aliphatic rings. The SMILES string of the molecule is CCCCC/C=C\CCCCCCCC(=O)OCCCCCCCC/C=C\CCCCCC(=O)NC(CO)C(O)CCCCCCCCCCCCCCCCCCC. The molecule has 3 N–H and O–H groups in total. The molecule has 0 rings (SSSR count). The van der Waals surface area contributed by atoms with Crippen molar-refractivity contribution in [3.63, 3.8) is 0 Å². The molecule has 0 heterocycles. The maximum atomic E-state index is 12.4. The number of aliphatic hydroxyl groups excluding tert-OH is 2. The fourth-order valence-electron chi connectivity index (χ4n) is 7.92. The van der Waals surface area contributed by atoms with Crippen LogP contribution in [0, 0.1) is 0 Å². The molecular weight excluding hydrogens is 731 g/mol. The van der Waals surface area contributed by atoms with Crippen molar-refractivity contribution >= 4 is 11.9 Å². The standard InChI is InChI=1S/C53H101NO5/c1-3-5-7-9-11-13-15-17-18-19-20-22-25-29-33-37-41-45-51(56)50(49-55)54-52(57)46-42-38-34-30-26-23-21-24-28-32-36-40-44-48-59-53(58)47-43-39-35-31-27-16-14-12-10-8-6-4-2/h12,14,23,26,50-51,55-56H,3-11,13,15-22,24-25,27-49H2,1-2H3,(H,54,57)/b14-12-,26-23-. The molecule has 0 saturated heterocycles. The Balaban J connectivity index is 3.51. The van der Waals surface area contributed by atoms with E-state index in [4.69, 9.17) is 4.74 Å². The molecule has 0 spiro atoms. The Morgan fingerprint density at radius 2 is 0.797 bits per heavy atom. The van der Waals surface area contributed by atoms with E-state index in [-0.39, 0.29) is 18.5 Å². The van der Waals surface area contributed by atoms with Gasteiger partial charge in [-0.15, -0.1) is 0 Å². The molecule has 2 unspecified atom stereocenters. The summed E-state index contributed by atoms with van der Waals surface area (Å²) in [4.78, 5) is 24.4. The van der Waals surface area contributed by atoms with Gasteiger partial charge in [0.25, 0.3) is 0 Å². The monoisotopic (exact) mass is 832 g/mol. The molecule has 0 aliphatic carbocycles. The Bertz CT molecular complexity index is 920. The lowest BCUT2D eigenvalue weighted by Crippen LogP contribution is -2.45. The number of rotatable bonds is 48. The van der Waals surface area contributed by atoms with Gasteiger partial charge in [-0.3, -0.25) is 9.59 Å². The van der Waals surface area contributed by atoms with Gasteiger partial charge in [0.2, 0.25) is 5.91 Å². The highest BCUT2D eigenvalue weighted by Gasteiger charge is 2.20. The fraction of sp³-hybridized carbons (Fsp3) is 0.887. The lowest BCUT2D eigenvalue weighted by atomic mass is 10.0. The summed E-state index contributed by atoms with van der Waals surface area (Å²) >= 11 is 0. The number of nitrogens with one attached hydrogen (secondary N) is 1. The van der Waals surface area contributed by atoms with Gasteiger partial charge in [-0.25, -0.2) is 0 Å². The van der Waals surface area contributed by atoms with Gasteiger partial charge in [-0.2, -0.15) is 0 Å². The normalized spacial score (nSPS) is 12.8. The van der Waals surface area contributed by atoms with Crippen molar-refractivity contribution in [2.75, 3.05) is 13.2 Å². The van der Waals surface area contributed by atoms with E-state index >= 15 is 0 Å². The topological polar surface area (TPSA) is 95.9 Å². The molecule has 6 heteroatoms. The Hall–Kier alpha value is -1.66. The van der Waals surface area contributed by atoms with Gasteiger partial charge in [-0.05, 0) is 77.0 Å². The summed E-state index contributed by atoms with van der Waals surface area (Å²) in [6, 6.07) is -0.562. The summed E-state index contributed by atoms with van der Waals surface area (Å²) in [6.45, 7) is 4.89. The summed E-state index contributed by atoms with van der Waals surface area (Å²) in [7, 11) is 0. The first-order valence-electron chi connectivity index (χ1n) is 26.1. The molecule has 0 bridgehead atoms. The maximum Gasteiger partial charge on any atom is 0.305 e. The molecule has 1 amide bonds. The summed E-state index contributed by atoms with van der Waals surface area (Å²) in [6.07, 6.45) is 57.2. The van der Waals surface area contributed by atoms with Crippen LogP contribution in [-0.2, 0) is 14.3 Å². The van der Waals surface area contributed by atoms with Crippen LogP contribution in [0.25, 0.3) is 0 Å². The molecule has 2 atom stereocenters. The van der Waals surface area contributed by atoms with Crippen LogP contribution in [0.5, 0.6) is 0 Å². The molecule has 348 valence electrons. The van der Waals surface area contributed by atoms with Crippen molar-refractivity contribution < 1.29 is 24.5 Å². The molecule has 0 aromatic carbocycles. The van der Waals surface area contributed by atoms with Crippen molar-refractivity contribution in [2.45, 2.75) is 289 Å². The van der Waals surface area contributed by atoms with E-state index in [9.17, 15) is 19.8 Å². The highest BCUT2D eigenvalue weighted by Crippen LogP contribution is 2.16. The van der Waals surface area contributed by atoms with E-state index in [1.165, 1.54) is 173 Å². The second kappa shape index (κ2) is 49.0. The van der Waals surface area contributed by atoms with Gasteiger partial charge in [0.15, 0.2) is 0 Å². The lowest BCUT2D eigenvalue weighted by molar-refractivity contribution is -0.143. The van der Waals surface area contributed by atoms with Crippen LogP contribution in [-0.4, -0.2) is 47.4 Å². The van der Waals surface area contributed by atoms with Crippen molar-refractivity contribution in [3.8, 4) is 0 Å². The van der Waals surface area contributed by atoms with Crippen LogP contribution in [0.2, 0.25) is 0 Å². The van der Waals surface area contributed by atoms with Crippen LogP contribution in [0.4, 0.5) is 0 Å². The van der Waals surface area contributed by atoms with Crippen LogP contribution in [0.3, 0.4) is 0 Å². The minimum absolute atomic E-state index is 0.0227. The van der Waals surface area contributed by atoms with Gasteiger partial charge < -0.3 is 20.3 Å². The first-order chi connectivity index (χ1) is 29.0. The number of carbonyl (C=O) groups is 2. The predicted molar refractivity (Wildman–Crippen MR) is 255 cm³/mol. The number of esters is 1. The molecule has 6 nitrogen and oxygen atoms in total. The number of aliphatic hydroxyl groups is 2. The van der Waals surface area contributed by atoms with E-state index in [0.717, 1.165) is 70.6 Å². The number of amides is 1. The number of hydrogen-bond acceptors (Lipinski definition) is 5. The first-order valence-corrected chi connectivity index (χ1v) is 26.1. The Labute approximate surface area is 367 Å². The smallest absolute Gasteiger partial charge is 0.305 e. The van der Waals surface area contributed by atoms with Gasteiger partial charge in [-0.1, -0.05) is 212 Å². The largest absolute Gasteiger partial charge is 0.466 e. The van der Waals surface area contributed by atoms with Crippen LogP contribution in [0.15, 0.2) is 24.3 Å². The molecular formula is C53H101NO5. The first kappa shape index (κ1) is 57.3. The van der Waals surface area contributed by atoms with E-state index in [2.05, 4.69) is 43.5 Å². The minimum atomic E-state index is -0.681. The average molecular weight is 832 g/mol. The zero-order valence-electron chi connectivity index (χ0n) is 39.5. The van der Waals surface area contributed by atoms with E-state index in [0.29, 0.717) is 25.9 Å². The second-order valence-corrected chi connectivity index (χ2v) is 17.8. The highest BCUT2D eigenvalue weighted by molar-refractivity contribution is 5.76. The lowest BCUT2D eigenvalue weighted by Gasteiger charge is -2.22. The van der Waals surface area contributed by atoms with Crippen LogP contribution >= 0.6 is 0 Å². The van der Waals surface area contributed by atoms with E-state index in [1.807, 2.05) is 0 Å². The number of allylic oxidation sites excluding steroid dienone is 4. The van der Waals surface area contributed by atoms with E-state index < -0.39 is 12.1 Å². The third kappa shape index (κ3) is 45.7. The summed E-state index contributed by atoms with van der Waals surface area (Å²) in [5, 5.41) is 23.2. The highest BCUT2D eigenvalue weighted by atomic mass is 16.5. The summed E-state index contributed by atoms with van der Waals surface area (Å²) in [5.74, 6) is -0.0870. The third-order valence-electron chi connectivity index (χ3n) is 12.0. The fourth-order valence-corrected chi connectivity index (χ4v) is 7.92. The number of unbranched alkanes of at least 4 members (excludes halogenated alkanes) is 33. The number of hydrogen-bond donors (Lipinski definition) is 3. The molecule has 0 radical (unpaired) electrons. The van der Waals surface area contributed by atoms with Crippen LogP contribution < -0.4 is 5.32 Å². The van der Waals surface area contributed by atoms with Crippen molar-refractivity contribution in [1.29, 1.82) is 0 Å². The van der Waals surface area contributed by atoms with Crippen molar-refractivity contribution in [1.82, 2.24) is 5.32 Å². The quantitative estimate of drug-likeness (QED) is 0.0322. The molecule has 0 aliphatic heterocycles. The molecule has 0 saturated carbocycles. The van der Waals surface area contributed by atoms with Crippen molar-refractivity contribution in [2.24, 2.45) is 0 Å². The Morgan fingerprint density at radius 3 is 1.25 bits per heavy atom. The predicted octanol–water partition coefficient (Wildman–Crippen LogP) is 15.5. The van der Waals surface area contributed by atoms with Gasteiger partial charge in [0, 0.05) is 12.8 Å². The Kier molecular flexibility index (Phi) is 47.6. The molecule has 0 fully saturated rings. The summed E-state index contributed by atoms with van der Waals surface area (Å²) < 4.78 is 5.44. The van der Waals surface area contributed by atoms with Crippen LogP contribution in [0.1, 0.15) is 277 Å². The zero-order chi connectivity index (χ0) is 43.0. The molecule has 59 heavy (non-hydrogen) atoms. The maximum absolute atomic E-state index is 12.4.